The van der Waals surface area contributed by atoms with E-state index in [0.717, 1.165) is 35.6 Å². The van der Waals surface area contributed by atoms with Gasteiger partial charge >= 0.3 is 0 Å². The van der Waals surface area contributed by atoms with E-state index in [1.54, 1.807) is 6.07 Å². The summed E-state index contributed by atoms with van der Waals surface area (Å²) >= 11 is 0. The first-order chi connectivity index (χ1) is 19.6. The third kappa shape index (κ3) is 6.73. The number of benzene rings is 3. The van der Waals surface area contributed by atoms with E-state index in [4.69, 9.17) is 0 Å². The molecule has 1 heterocycles. The summed E-state index contributed by atoms with van der Waals surface area (Å²) in [7, 11) is 0. The van der Waals surface area contributed by atoms with E-state index < -0.39 is 18.0 Å². The van der Waals surface area contributed by atoms with Crippen LogP contribution in [0, 0.1) is 24.6 Å². The molecule has 0 radical (unpaired) electrons. The highest BCUT2D eigenvalue weighted by atomic mass is 19.1. The number of piperidine rings is 1. The van der Waals surface area contributed by atoms with Crippen molar-refractivity contribution in [1.82, 2.24) is 4.90 Å². The van der Waals surface area contributed by atoms with E-state index >= 15 is 4.39 Å². The highest BCUT2D eigenvalue weighted by Gasteiger charge is 2.41. The third-order valence-corrected chi connectivity index (χ3v) is 9.17. The largest absolute Gasteiger partial charge is 0.374 e. The number of aliphatic hydroxyl groups is 1. The number of nitrogens with zero attached hydrogens (tertiary/aromatic N) is 1. The Balaban J connectivity index is 1.46. The Morgan fingerprint density at radius 2 is 1.71 bits per heavy atom. The smallest absolute Gasteiger partial charge is 0.229 e. The standard InChI is InChI=1S/C36H45FN2O2/c1-24-10-7-16-31(37)32(24)35(41)39-21-9-15-30(34(40)38-29-14-8-13-28(23-29)36(2,3)4)33(39)27-19-17-26(18-20-27)22-25-11-5-6-12-25/h7-8,10,13-14,16-20,23,25,30,33,35,41H,5-6,9,11-12,15,21-22H2,1-4H3,(H,38,40). The van der Waals surface area contributed by atoms with Gasteiger partial charge in [0.05, 0.1) is 5.92 Å². The third-order valence-electron chi connectivity index (χ3n) is 9.17. The molecule has 3 unspecified atom stereocenters. The van der Waals surface area contributed by atoms with Crippen molar-refractivity contribution in [3.63, 3.8) is 0 Å². The van der Waals surface area contributed by atoms with E-state index in [9.17, 15) is 9.90 Å². The zero-order chi connectivity index (χ0) is 29.1. The Morgan fingerprint density at radius 1 is 1.00 bits per heavy atom. The lowest BCUT2D eigenvalue weighted by Gasteiger charge is -2.43. The van der Waals surface area contributed by atoms with E-state index in [-0.39, 0.29) is 22.9 Å². The number of rotatable bonds is 7. The molecule has 41 heavy (non-hydrogen) atoms. The zero-order valence-corrected chi connectivity index (χ0v) is 25.0. The van der Waals surface area contributed by atoms with Crippen molar-refractivity contribution >= 4 is 11.6 Å². The molecule has 0 aromatic heterocycles. The van der Waals surface area contributed by atoms with Gasteiger partial charge in [-0.3, -0.25) is 9.69 Å². The number of halogens is 1. The molecule has 2 aliphatic rings. The summed E-state index contributed by atoms with van der Waals surface area (Å²) in [6.45, 7) is 8.87. The first-order valence-electron chi connectivity index (χ1n) is 15.3. The average Bonchev–Trinajstić information content (AvgIpc) is 3.46. The molecular formula is C36H45FN2O2. The predicted molar refractivity (Wildman–Crippen MR) is 164 cm³/mol. The number of hydrogen-bond acceptors (Lipinski definition) is 3. The number of aryl methyl sites for hydroxylation is 1. The van der Waals surface area contributed by atoms with Gasteiger partial charge in [-0.25, -0.2) is 4.39 Å². The van der Waals surface area contributed by atoms with Gasteiger partial charge in [0.25, 0.3) is 0 Å². The molecule has 1 saturated heterocycles. The van der Waals surface area contributed by atoms with Gasteiger partial charge in [-0.15, -0.1) is 0 Å². The van der Waals surface area contributed by atoms with Gasteiger partial charge in [-0.05, 0) is 78.0 Å². The van der Waals surface area contributed by atoms with E-state index in [0.29, 0.717) is 18.5 Å². The van der Waals surface area contributed by atoms with Crippen LogP contribution in [0.1, 0.15) is 99.4 Å². The van der Waals surface area contributed by atoms with Crippen LogP contribution in [0.3, 0.4) is 0 Å². The van der Waals surface area contributed by atoms with Crippen molar-refractivity contribution < 1.29 is 14.3 Å². The molecule has 5 rings (SSSR count). The number of likely N-dealkylation sites (tertiary alicyclic amines) is 1. The second-order valence-electron chi connectivity index (χ2n) is 13.2. The maximum absolute atomic E-state index is 15.0. The number of anilines is 1. The van der Waals surface area contributed by atoms with Gasteiger partial charge in [0.2, 0.25) is 5.91 Å². The minimum absolute atomic E-state index is 0.0348. The van der Waals surface area contributed by atoms with Crippen LogP contribution in [0.5, 0.6) is 0 Å². The van der Waals surface area contributed by atoms with Gasteiger partial charge in [0, 0.05) is 23.8 Å². The Kier molecular flexibility index (Phi) is 8.96. The first kappa shape index (κ1) is 29.5. The summed E-state index contributed by atoms with van der Waals surface area (Å²) in [5.74, 6) is -0.142. The van der Waals surface area contributed by atoms with Crippen molar-refractivity contribution in [2.45, 2.75) is 90.3 Å². The van der Waals surface area contributed by atoms with Crippen molar-refractivity contribution in [2.24, 2.45) is 11.8 Å². The number of amides is 1. The molecular weight excluding hydrogens is 511 g/mol. The molecule has 3 aromatic carbocycles. The van der Waals surface area contributed by atoms with Crippen molar-refractivity contribution in [3.05, 3.63) is 100 Å². The Bertz CT molecular complexity index is 1320. The van der Waals surface area contributed by atoms with E-state index in [1.807, 2.05) is 36.1 Å². The van der Waals surface area contributed by atoms with Gasteiger partial charge in [0.15, 0.2) is 0 Å². The molecule has 2 N–H and O–H groups in total. The van der Waals surface area contributed by atoms with Crippen LogP contribution >= 0.6 is 0 Å². The number of hydrogen-bond donors (Lipinski definition) is 2. The summed E-state index contributed by atoms with van der Waals surface area (Å²) in [6.07, 6.45) is 6.60. The molecule has 1 aliphatic carbocycles. The van der Waals surface area contributed by atoms with E-state index in [2.05, 4.69) is 56.4 Å². The summed E-state index contributed by atoms with van der Waals surface area (Å²) < 4.78 is 15.0. The molecule has 1 amide bonds. The van der Waals surface area contributed by atoms with Gasteiger partial charge in [-0.2, -0.15) is 0 Å². The van der Waals surface area contributed by atoms with Crippen LogP contribution in [0.4, 0.5) is 10.1 Å². The molecule has 0 spiro atoms. The molecule has 5 heteroatoms. The molecule has 1 saturated carbocycles. The van der Waals surface area contributed by atoms with Crippen LogP contribution in [-0.4, -0.2) is 22.5 Å². The molecule has 1 aliphatic heterocycles. The Labute approximate surface area is 245 Å². The molecule has 3 atom stereocenters. The lowest BCUT2D eigenvalue weighted by atomic mass is 9.82. The molecule has 3 aromatic rings. The molecule has 218 valence electrons. The number of carbonyl (C=O) groups is 1. The Morgan fingerprint density at radius 3 is 2.39 bits per heavy atom. The van der Waals surface area contributed by atoms with Gasteiger partial charge < -0.3 is 10.4 Å². The summed E-state index contributed by atoms with van der Waals surface area (Å²) in [4.78, 5) is 15.9. The number of nitrogens with one attached hydrogen (secondary N) is 1. The summed E-state index contributed by atoms with van der Waals surface area (Å²) in [6, 6.07) is 21.1. The van der Waals surface area contributed by atoms with Crippen molar-refractivity contribution in [1.29, 1.82) is 0 Å². The lowest BCUT2D eigenvalue weighted by molar-refractivity contribution is -0.128. The minimum Gasteiger partial charge on any atom is -0.374 e. The van der Waals surface area contributed by atoms with Gasteiger partial charge in [-0.1, -0.05) is 95.0 Å². The highest BCUT2D eigenvalue weighted by Crippen LogP contribution is 2.42. The fraction of sp³-hybridized carbons (Fsp3) is 0.472. The topological polar surface area (TPSA) is 52.6 Å². The Hall–Kier alpha value is -3.02. The zero-order valence-electron chi connectivity index (χ0n) is 25.0. The monoisotopic (exact) mass is 556 g/mol. The molecule has 4 nitrogen and oxygen atoms in total. The van der Waals surface area contributed by atoms with Crippen LogP contribution in [0.25, 0.3) is 0 Å². The fourth-order valence-electron chi connectivity index (χ4n) is 6.83. The quantitative estimate of drug-likeness (QED) is 0.308. The lowest BCUT2D eigenvalue weighted by Crippen LogP contribution is -2.45. The fourth-order valence-corrected chi connectivity index (χ4v) is 6.83. The highest BCUT2D eigenvalue weighted by molar-refractivity contribution is 5.93. The SMILES string of the molecule is Cc1cccc(F)c1C(O)N1CCCC(C(=O)Nc2cccc(C(C)(C)C)c2)C1c1ccc(CC2CCCC2)cc1. The normalized spacial score (nSPS) is 21.1. The summed E-state index contributed by atoms with van der Waals surface area (Å²) in [5, 5.41) is 14.8. The van der Waals surface area contributed by atoms with Crippen molar-refractivity contribution in [2.75, 3.05) is 11.9 Å². The molecule has 0 bridgehead atoms. The number of aliphatic hydroxyl groups excluding tert-OH is 1. The maximum Gasteiger partial charge on any atom is 0.229 e. The first-order valence-corrected chi connectivity index (χ1v) is 15.3. The second-order valence-corrected chi connectivity index (χ2v) is 13.2. The maximum atomic E-state index is 15.0. The predicted octanol–water partition coefficient (Wildman–Crippen LogP) is 8.25. The van der Waals surface area contributed by atoms with Gasteiger partial charge in [0.1, 0.15) is 12.0 Å². The van der Waals surface area contributed by atoms with E-state index in [1.165, 1.54) is 37.3 Å². The second kappa shape index (κ2) is 12.5. The number of carbonyl (C=O) groups excluding carboxylic acids is 1. The van der Waals surface area contributed by atoms with Crippen LogP contribution < -0.4 is 5.32 Å². The van der Waals surface area contributed by atoms with Crippen LogP contribution in [0.2, 0.25) is 0 Å². The van der Waals surface area contributed by atoms with Crippen LogP contribution in [-0.2, 0) is 16.6 Å². The van der Waals surface area contributed by atoms with Crippen LogP contribution in [0.15, 0.2) is 66.7 Å². The molecule has 2 fully saturated rings. The summed E-state index contributed by atoms with van der Waals surface area (Å²) in [5.41, 5.74) is 5.18. The van der Waals surface area contributed by atoms with Crippen molar-refractivity contribution in [3.8, 4) is 0 Å². The minimum atomic E-state index is -1.15. The average molecular weight is 557 g/mol.